The van der Waals surface area contributed by atoms with Crippen LogP contribution in [0, 0.1) is 0 Å². The molecule has 62 heavy (non-hydrogen) atoms. The molecule has 1 aliphatic rings. The summed E-state index contributed by atoms with van der Waals surface area (Å²) in [6.07, 6.45) is 0. The Morgan fingerprint density at radius 3 is 1.66 bits per heavy atom. The number of nitrogens with zero attached hydrogens (tertiary/aromatic N) is 2. The van der Waals surface area contributed by atoms with Crippen LogP contribution in [0.1, 0.15) is 22.3 Å². The molecule has 290 valence electrons. The average molecular weight is 791 g/mol. The first-order valence-electron chi connectivity index (χ1n) is 21.1. The molecule has 0 saturated heterocycles. The van der Waals surface area contributed by atoms with Crippen LogP contribution in [0.25, 0.3) is 89.2 Å². The zero-order chi connectivity index (χ0) is 41.0. The van der Waals surface area contributed by atoms with Gasteiger partial charge in [-0.25, -0.2) is 9.97 Å². The van der Waals surface area contributed by atoms with E-state index in [1.165, 1.54) is 33.4 Å². The first-order chi connectivity index (χ1) is 30.7. The highest BCUT2D eigenvalue weighted by Crippen LogP contribution is 2.56. The van der Waals surface area contributed by atoms with Gasteiger partial charge >= 0.3 is 0 Å². The van der Waals surface area contributed by atoms with E-state index in [2.05, 4.69) is 200 Å². The van der Waals surface area contributed by atoms with Crippen LogP contribution in [0.5, 0.6) is 0 Å². The van der Waals surface area contributed by atoms with Gasteiger partial charge in [-0.2, -0.15) is 0 Å². The van der Waals surface area contributed by atoms with Crippen LogP contribution in [-0.2, 0) is 5.41 Å². The van der Waals surface area contributed by atoms with E-state index in [0.29, 0.717) is 5.82 Å². The third kappa shape index (κ3) is 5.74. The molecule has 3 heteroatoms. The monoisotopic (exact) mass is 790 g/mol. The Kier molecular flexibility index (Phi) is 8.39. The van der Waals surface area contributed by atoms with Gasteiger partial charge in [0.15, 0.2) is 5.82 Å². The fraction of sp³-hybridized carbons (Fsp3) is 0.0169. The topological polar surface area (TPSA) is 38.9 Å². The summed E-state index contributed by atoms with van der Waals surface area (Å²) in [4.78, 5) is 10.6. The zero-order valence-corrected chi connectivity index (χ0v) is 33.7. The van der Waals surface area contributed by atoms with E-state index < -0.39 is 5.41 Å². The molecule has 0 spiro atoms. The van der Waals surface area contributed by atoms with E-state index in [1.807, 2.05) is 30.3 Å². The van der Waals surface area contributed by atoms with Gasteiger partial charge in [0, 0.05) is 27.5 Å². The third-order valence-corrected chi connectivity index (χ3v) is 12.6. The van der Waals surface area contributed by atoms with E-state index in [-0.39, 0.29) is 0 Å². The Labute approximate surface area is 360 Å². The summed E-state index contributed by atoms with van der Waals surface area (Å²) in [5, 5.41) is 2.23. The lowest BCUT2D eigenvalue weighted by molar-refractivity contribution is 0.669. The van der Waals surface area contributed by atoms with Gasteiger partial charge in [0.1, 0.15) is 11.2 Å². The molecule has 2 heterocycles. The van der Waals surface area contributed by atoms with E-state index in [0.717, 1.165) is 72.3 Å². The molecule has 2 aromatic heterocycles. The summed E-state index contributed by atoms with van der Waals surface area (Å²) >= 11 is 0. The Bertz CT molecular complexity index is 3420. The second-order valence-corrected chi connectivity index (χ2v) is 16.1. The molecular formula is C59H38N2O. The van der Waals surface area contributed by atoms with Gasteiger partial charge in [-0.15, -0.1) is 0 Å². The quantitative estimate of drug-likeness (QED) is 0.161. The summed E-state index contributed by atoms with van der Waals surface area (Å²) in [5.74, 6) is 0.683. The van der Waals surface area contributed by atoms with E-state index in [1.54, 1.807) is 0 Å². The van der Waals surface area contributed by atoms with Gasteiger partial charge < -0.3 is 4.42 Å². The molecule has 0 fully saturated rings. The first kappa shape index (κ1) is 35.8. The van der Waals surface area contributed by atoms with Gasteiger partial charge in [0.25, 0.3) is 0 Å². The highest BCUT2D eigenvalue weighted by Gasteiger charge is 2.46. The van der Waals surface area contributed by atoms with E-state index in [4.69, 9.17) is 14.4 Å². The Hall–Kier alpha value is -8.14. The molecule has 0 amide bonds. The summed E-state index contributed by atoms with van der Waals surface area (Å²) < 4.78 is 6.15. The molecule has 3 nitrogen and oxygen atoms in total. The van der Waals surface area contributed by atoms with Crippen LogP contribution in [0.4, 0.5) is 0 Å². The maximum atomic E-state index is 6.15. The van der Waals surface area contributed by atoms with Gasteiger partial charge in [0.2, 0.25) is 0 Å². The minimum absolute atomic E-state index is 0.453. The van der Waals surface area contributed by atoms with Crippen molar-refractivity contribution in [3.05, 3.63) is 253 Å². The van der Waals surface area contributed by atoms with Crippen LogP contribution in [0.2, 0.25) is 0 Å². The van der Waals surface area contributed by atoms with Crippen LogP contribution in [0.15, 0.2) is 235 Å². The number of para-hydroxylation sites is 1. The lowest BCUT2D eigenvalue weighted by Gasteiger charge is -2.33. The number of benzene rings is 9. The Balaban J connectivity index is 1.01. The molecule has 0 saturated carbocycles. The van der Waals surface area contributed by atoms with Gasteiger partial charge in [-0.3, -0.25) is 0 Å². The highest BCUT2D eigenvalue weighted by molar-refractivity contribution is 6.06. The first-order valence-corrected chi connectivity index (χ1v) is 21.1. The molecule has 9 aromatic carbocycles. The van der Waals surface area contributed by atoms with E-state index >= 15 is 0 Å². The van der Waals surface area contributed by atoms with Crippen molar-refractivity contribution in [2.45, 2.75) is 5.41 Å². The summed E-state index contributed by atoms with van der Waals surface area (Å²) in [6, 6.07) is 82.3. The lowest BCUT2D eigenvalue weighted by Crippen LogP contribution is -2.28. The fourth-order valence-electron chi connectivity index (χ4n) is 9.79. The number of fused-ring (bicyclic) bond motifs is 6. The molecule has 0 N–H and O–H groups in total. The number of aromatic nitrogens is 2. The second-order valence-electron chi connectivity index (χ2n) is 16.1. The van der Waals surface area contributed by atoms with Crippen LogP contribution < -0.4 is 0 Å². The minimum atomic E-state index is -0.453. The largest absolute Gasteiger partial charge is 0.456 e. The molecule has 0 aliphatic heterocycles. The maximum absolute atomic E-state index is 6.15. The second kappa shape index (κ2) is 14.5. The molecule has 12 rings (SSSR count). The van der Waals surface area contributed by atoms with Crippen molar-refractivity contribution in [3.63, 3.8) is 0 Å². The standard InChI is InChI=1S/C59H38N2O/c1-4-17-39(18-5-1)58-60-54(43-20-16-19-40(35-43)41-32-34-57-51(36-41)49-28-13-15-30-56(49)62-57)38-55(61-58)48-27-11-10-25-46(48)42-31-33-53-50(37-42)47-26-12-14-29-52(47)59(53,44-21-6-2-7-22-44)45-23-8-3-9-24-45/h1-38H. The van der Waals surface area contributed by atoms with Crippen molar-refractivity contribution in [2.75, 3.05) is 0 Å². The number of hydrogen-bond donors (Lipinski definition) is 0. The zero-order valence-electron chi connectivity index (χ0n) is 33.7. The van der Waals surface area contributed by atoms with Crippen molar-refractivity contribution >= 4 is 21.9 Å². The van der Waals surface area contributed by atoms with Crippen molar-refractivity contribution < 1.29 is 4.42 Å². The number of rotatable bonds is 7. The van der Waals surface area contributed by atoms with Crippen molar-refractivity contribution in [1.29, 1.82) is 0 Å². The Morgan fingerprint density at radius 2 is 0.871 bits per heavy atom. The minimum Gasteiger partial charge on any atom is -0.456 e. The van der Waals surface area contributed by atoms with Gasteiger partial charge in [-0.05, 0) is 92.0 Å². The molecule has 0 unspecified atom stereocenters. The average Bonchev–Trinajstić information content (AvgIpc) is 3.88. The summed E-state index contributed by atoms with van der Waals surface area (Å²) in [6.45, 7) is 0. The lowest BCUT2D eigenvalue weighted by atomic mass is 9.67. The maximum Gasteiger partial charge on any atom is 0.160 e. The molecule has 0 radical (unpaired) electrons. The van der Waals surface area contributed by atoms with Gasteiger partial charge in [-0.1, -0.05) is 194 Å². The summed E-state index contributed by atoms with van der Waals surface area (Å²) in [5.41, 5.74) is 18.2. The summed E-state index contributed by atoms with van der Waals surface area (Å²) in [7, 11) is 0. The third-order valence-electron chi connectivity index (χ3n) is 12.6. The fourth-order valence-corrected chi connectivity index (χ4v) is 9.79. The number of hydrogen-bond acceptors (Lipinski definition) is 3. The van der Waals surface area contributed by atoms with Crippen molar-refractivity contribution in [2.24, 2.45) is 0 Å². The van der Waals surface area contributed by atoms with Crippen molar-refractivity contribution in [1.82, 2.24) is 9.97 Å². The van der Waals surface area contributed by atoms with E-state index in [9.17, 15) is 0 Å². The normalized spacial score (nSPS) is 12.6. The van der Waals surface area contributed by atoms with Crippen LogP contribution in [-0.4, -0.2) is 9.97 Å². The molecule has 11 aromatic rings. The highest BCUT2D eigenvalue weighted by atomic mass is 16.3. The predicted molar refractivity (Wildman–Crippen MR) is 254 cm³/mol. The van der Waals surface area contributed by atoms with Crippen LogP contribution in [0.3, 0.4) is 0 Å². The Morgan fingerprint density at radius 1 is 0.306 bits per heavy atom. The van der Waals surface area contributed by atoms with Crippen molar-refractivity contribution in [3.8, 4) is 67.3 Å². The molecule has 0 atom stereocenters. The molecular weight excluding hydrogens is 753 g/mol. The SMILES string of the molecule is c1ccc(-c2nc(-c3cccc(-c4ccc5oc6ccccc6c5c4)c3)cc(-c3ccccc3-c3ccc4c(c3)-c3ccccc3C4(c3ccccc3)c3ccccc3)n2)cc1. The molecule has 1 aliphatic carbocycles. The van der Waals surface area contributed by atoms with Gasteiger partial charge in [0.05, 0.1) is 16.8 Å². The number of furan rings is 1. The van der Waals surface area contributed by atoms with Crippen LogP contribution >= 0.6 is 0 Å². The molecule has 0 bridgehead atoms. The smallest absolute Gasteiger partial charge is 0.160 e. The predicted octanol–water partition coefficient (Wildman–Crippen LogP) is 15.1.